The molecule has 0 fully saturated rings. The molecule has 142 valence electrons. The predicted molar refractivity (Wildman–Crippen MR) is 111 cm³/mol. The van der Waals surface area contributed by atoms with E-state index in [9.17, 15) is 0 Å². The maximum atomic E-state index is 4.49. The van der Waals surface area contributed by atoms with E-state index >= 15 is 0 Å². The maximum absolute atomic E-state index is 4.49. The van der Waals surface area contributed by atoms with Crippen LogP contribution in [0.5, 0.6) is 0 Å². The van der Waals surface area contributed by atoms with E-state index in [4.69, 9.17) is 0 Å². The van der Waals surface area contributed by atoms with Crippen LogP contribution in [-0.4, -0.2) is 19.7 Å². The second kappa shape index (κ2) is 7.63. The molecule has 2 heterocycles. The summed E-state index contributed by atoms with van der Waals surface area (Å²) in [5.74, 6) is 0.856. The molecule has 0 saturated heterocycles. The molecule has 27 heavy (non-hydrogen) atoms. The molecule has 0 amide bonds. The third-order valence-electron chi connectivity index (χ3n) is 5.55. The first-order valence-corrected chi connectivity index (χ1v) is 9.84. The molecule has 4 nitrogen and oxygen atoms in total. The van der Waals surface area contributed by atoms with Crippen LogP contribution in [-0.2, 0) is 11.8 Å². The Morgan fingerprint density at radius 3 is 2.41 bits per heavy atom. The Bertz CT molecular complexity index is 914. The van der Waals surface area contributed by atoms with Gasteiger partial charge in [-0.1, -0.05) is 46.2 Å². The molecule has 0 aliphatic rings. The fourth-order valence-electron chi connectivity index (χ4n) is 3.79. The Kier molecular flexibility index (Phi) is 5.45. The average Bonchev–Trinajstić information content (AvgIpc) is 3.10. The Balaban J connectivity index is 2.18. The van der Waals surface area contributed by atoms with Crippen LogP contribution in [0.2, 0.25) is 0 Å². The normalized spacial score (nSPS) is 11.8. The summed E-state index contributed by atoms with van der Waals surface area (Å²) in [5, 5.41) is 8.74. The Morgan fingerprint density at radius 1 is 1.07 bits per heavy atom. The number of aromatic nitrogens is 4. The first-order chi connectivity index (χ1) is 12.9. The Hall–Kier alpha value is -2.49. The lowest BCUT2D eigenvalue weighted by Crippen LogP contribution is -2.18. The first kappa shape index (κ1) is 19.3. The van der Waals surface area contributed by atoms with E-state index in [1.165, 1.54) is 27.9 Å². The van der Waals surface area contributed by atoms with E-state index < -0.39 is 0 Å². The van der Waals surface area contributed by atoms with E-state index in [1.807, 2.05) is 18.7 Å². The van der Waals surface area contributed by atoms with Crippen molar-refractivity contribution >= 4 is 0 Å². The van der Waals surface area contributed by atoms with Gasteiger partial charge in [0.1, 0.15) is 6.33 Å². The zero-order valence-corrected chi connectivity index (χ0v) is 17.4. The van der Waals surface area contributed by atoms with E-state index in [0.29, 0.717) is 0 Å². The summed E-state index contributed by atoms with van der Waals surface area (Å²) in [6.07, 6.45) is 8.91. The summed E-state index contributed by atoms with van der Waals surface area (Å²) in [6.45, 7) is 13.3. The van der Waals surface area contributed by atoms with Crippen LogP contribution in [0.1, 0.15) is 62.8 Å². The van der Waals surface area contributed by atoms with Crippen LogP contribution in [0, 0.1) is 13.8 Å². The van der Waals surface area contributed by atoms with Crippen molar-refractivity contribution in [3.8, 4) is 17.1 Å². The fraction of sp³-hybridized carbons (Fsp3) is 0.435. The van der Waals surface area contributed by atoms with Crippen molar-refractivity contribution in [3.63, 3.8) is 0 Å². The molecule has 0 aliphatic heterocycles. The number of benzene rings is 1. The molecule has 0 bridgehead atoms. The average molecular weight is 363 g/mol. The van der Waals surface area contributed by atoms with Crippen LogP contribution < -0.4 is 0 Å². The molecular formula is C23H30N4. The predicted octanol–water partition coefficient (Wildman–Crippen LogP) is 5.59. The number of hydrogen-bond acceptors (Lipinski definition) is 3. The Labute approximate surface area is 162 Å². The number of aryl methyl sites for hydroxylation is 3. The van der Waals surface area contributed by atoms with Gasteiger partial charge >= 0.3 is 0 Å². The largest absolute Gasteiger partial charge is 0.281 e. The van der Waals surface area contributed by atoms with Gasteiger partial charge in [-0.3, -0.25) is 9.55 Å². The van der Waals surface area contributed by atoms with Crippen LogP contribution in [0.25, 0.3) is 17.1 Å². The second-order valence-electron chi connectivity index (χ2n) is 8.01. The van der Waals surface area contributed by atoms with Crippen molar-refractivity contribution in [2.75, 3.05) is 0 Å². The van der Waals surface area contributed by atoms with Gasteiger partial charge in [0.25, 0.3) is 0 Å². The topological polar surface area (TPSA) is 43.6 Å². The van der Waals surface area contributed by atoms with E-state index in [1.54, 1.807) is 0 Å². The summed E-state index contributed by atoms with van der Waals surface area (Å²) < 4.78 is 2.12. The van der Waals surface area contributed by atoms with Crippen LogP contribution in [0.4, 0.5) is 0 Å². The zero-order chi connectivity index (χ0) is 19.6. The van der Waals surface area contributed by atoms with Crippen molar-refractivity contribution in [2.45, 2.75) is 66.2 Å². The number of hydrogen-bond donors (Lipinski definition) is 0. The van der Waals surface area contributed by atoms with Crippen molar-refractivity contribution in [2.24, 2.45) is 0 Å². The highest BCUT2D eigenvalue weighted by molar-refractivity contribution is 5.65. The van der Waals surface area contributed by atoms with Crippen LogP contribution in [0.3, 0.4) is 0 Å². The van der Waals surface area contributed by atoms with Crippen LogP contribution in [0.15, 0.2) is 36.9 Å². The zero-order valence-electron chi connectivity index (χ0n) is 17.4. The van der Waals surface area contributed by atoms with Crippen molar-refractivity contribution in [3.05, 3.63) is 59.2 Å². The van der Waals surface area contributed by atoms with Gasteiger partial charge in [-0.2, -0.15) is 0 Å². The molecular weight excluding hydrogens is 332 g/mol. The molecule has 0 saturated carbocycles. The molecule has 0 unspecified atom stereocenters. The molecule has 4 heteroatoms. The van der Waals surface area contributed by atoms with E-state index in [0.717, 1.165) is 30.7 Å². The molecule has 1 aromatic carbocycles. The summed E-state index contributed by atoms with van der Waals surface area (Å²) >= 11 is 0. The summed E-state index contributed by atoms with van der Waals surface area (Å²) in [4.78, 5) is 4.39. The molecule has 0 N–H and O–H groups in total. The summed E-state index contributed by atoms with van der Waals surface area (Å²) in [5.41, 5.74) is 7.41. The molecule has 3 aromatic rings. The van der Waals surface area contributed by atoms with Gasteiger partial charge < -0.3 is 0 Å². The minimum atomic E-state index is 0.0458. The standard InChI is InChI=1S/C23H30N4/c1-7-9-18-12-16(3)21(17(4)13-18)27-15-25-26-22(27)19-14-24-11-10-20(19)23(5,6)8-2/h10-15H,7-9H2,1-6H3. The maximum Gasteiger partial charge on any atom is 0.170 e. The first-order valence-electron chi connectivity index (χ1n) is 9.84. The lowest BCUT2D eigenvalue weighted by molar-refractivity contribution is 0.506. The van der Waals surface area contributed by atoms with Crippen molar-refractivity contribution in [1.82, 2.24) is 19.7 Å². The second-order valence-corrected chi connectivity index (χ2v) is 8.01. The Morgan fingerprint density at radius 2 is 1.78 bits per heavy atom. The van der Waals surface area contributed by atoms with Gasteiger partial charge in [-0.15, -0.1) is 10.2 Å². The van der Waals surface area contributed by atoms with Gasteiger partial charge in [0.15, 0.2) is 5.82 Å². The summed E-state index contributed by atoms with van der Waals surface area (Å²) in [6, 6.07) is 6.69. The van der Waals surface area contributed by atoms with Gasteiger partial charge in [-0.25, -0.2) is 0 Å². The SMILES string of the molecule is CCCc1cc(C)c(-n2cnnc2-c2cnccc2C(C)(C)CC)c(C)c1. The molecule has 0 atom stereocenters. The van der Waals surface area contributed by atoms with Gasteiger partial charge in [-0.05, 0) is 60.4 Å². The lowest BCUT2D eigenvalue weighted by atomic mass is 9.80. The molecule has 2 aromatic heterocycles. The van der Waals surface area contributed by atoms with Gasteiger partial charge in [0, 0.05) is 18.0 Å². The highest BCUT2D eigenvalue weighted by Crippen LogP contribution is 2.35. The molecule has 0 spiro atoms. The molecule has 3 rings (SSSR count). The highest BCUT2D eigenvalue weighted by atomic mass is 15.3. The van der Waals surface area contributed by atoms with Gasteiger partial charge in [0.2, 0.25) is 0 Å². The fourth-order valence-corrected chi connectivity index (χ4v) is 3.79. The smallest absolute Gasteiger partial charge is 0.170 e. The quantitative estimate of drug-likeness (QED) is 0.574. The number of rotatable bonds is 6. The van der Waals surface area contributed by atoms with Gasteiger partial charge in [0.05, 0.1) is 5.69 Å². The highest BCUT2D eigenvalue weighted by Gasteiger charge is 2.25. The summed E-state index contributed by atoms with van der Waals surface area (Å²) in [7, 11) is 0. The lowest BCUT2D eigenvalue weighted by Gasteiger charge is -2.26. The van der Waals surface area contributed by atoms with E-state index in [-0.39, 0.29) is 5.41 Å². The van der Waals surface area contributed by atoms with Crippen molar-refractivity contribution < 1.29 is 0 Å². The molecule has 0 aliphatic carbocycles. The number of nitrogens with zero attached hydrogens (tertiary/aromatic N) is 4. The minimum absolute atomic E-state index is 0.0458. The van der Waals surface area contributed by atoms with Crippen molar-refractivity contribution in [1.29, 1.82) is 0 Å². The molecule has 0 radical (unpaired) electrons. The van der Waals surface area contributed by atoms with E-state index in [2.05, 4.69) is 79.5 Å². The minimum Gasteiger partial charge on any atom is -0.281 e. The third-order valence-corrected chi connectivity index (χ3v) is 5.55. The monoisotopic (exact) mass is 362 g/mol. The number of pyridine rings is 1. The van der Waals surface area contributed by atoms with Crippen LogP contribution >= 0.6 is 0 Å². The third kappa shape index (κ3) is 3.66.